The van der Waals surface area contributed by atoms with Crippen LogP contribution in [-0.2, 0) is 6.54 Å². The number of aromatic nitrogens is 2. The van der Waals surface area contributed by atoms with Gasteiger partial charge in [-0.3, -0.25) is 14.5 Å². The highest BCUT2D eigenvalue weighted by Crippen LogP contribution is 2.27. The summed E-state index contributed by atoms with van der Waals surface area (Å²) in [5.74, 6) is -1.55. The van der Waals surface area contributed by atoms with Crippen molar-refractivity contribution in [1.82, 2.24) is 20.2 Å². The minimum absolute atomic E-state index is 0.0291. The number of furan rings is 1. The molecule has 8 nitrogen and oxygen atoms in total. The SMILES string of the molecule is CNC(=O)c1ccc(N2CCN(Cc3cc(F)c4c(c3)[nH]c(=O)c3occc34)CC2)c(F)n1. The number of aromatic amines is 1. The molecule has 0 aliphatic carbocycles. The molecular weight excluding hydrogens is 432 g/mol. The van der Waals surface area contributed by atoms with Crippen LogP contribution in [0, 0.1) is 11.8 Å². The molecule has 1 aliphatic rings. The summed E-state index contributed by atoms with van der Waals surface area (Å²) in [7, 11) is 1.46. The van der Waals surface area contributed by atoms with Crippen molar-refractivity contribution in [1.29, 1.82) is 0 Å². The number of carbonyl (C=O) groups excluding carboxylic acids is 1. The molecule has 0 bridgehead atoms. The Morgan fingerprint density at radius 2 is 1.97 bits per heavy atom. The van der Waals surface area contributed by atoms with Crippen molar-refractivity contribution in [2.75, 3.05) is 38.1 Å². The number of H-pyrrole nitrogens is 1. The molecule has 1 fully saturated rings. The summed E-state index contributed by atoms with van der Waals surface area (Å²) < 4.78 is 34.5. The van der Waals surface area contributed by atoms with Crippen molar-refractivity contribution < 1.29 is 18.0 Å². The average Bonchev–Trinajstić information content (AvgIpc) is 3.29. The number of benzene rings is 1. The van der Waals surface area contributed by atoms with Gasteiger partial charge in [0, 0.05) is 50.5 Å². The number of fused-ring (bicyclic) bond motifs is 3. The fourth-order valence-electron chi connectivity index (χ4n) is 4.31. The first-order valence-corrected chi connectivity index (χ1v) is 10.5. The number of pyridine rings is 2. The lowest BCUT2D eigenvalue weighted by molar-refractivity contribution is 0.0957. The van der Waals surface area contributed by atoms with Crippen LogP contribution in [0.4, 0.5) is 14.5 Å². The Morgan fingerprint density at radius 1 is 1.18 bits per heavy atom. The zero-order valence-electron chi connectivity index (χ0n) is 17.8. The van der Waals surface area contributed by atoms with Gasteiger partial charge in [-0.05, 0) is 35.9 Å². The van der Waals surface area contributed by atoms with E-state index in [1.54, 1.807) is 18.2 Å². The van der Waals surface area contributed by atoms with Crippen molar-refractivity contribution in [2.24, 2.45) is 0 Å². The molecule has 1 aliphatic heterocycles. The Morgan fingerprint density at radius 3 is 2.70 bits per heavy atom. The van der Waals surface area contributed by atoms with E-state index in [0.717, 1.165) is 5.56 Å². The Labute approximate surface area is 186 Å². The summed E-state index contributed by atoms with van der Waals surface area (Å²) in [6.45, 7) is 2.87. The average molecular weight is 453 g/mol. The number of anilines is 1. The van der Waals surface area contributed by atoms with Gasteiger partial charge in [-0.25, -0.2) is 9.37 Å². The molecule has 0 saturated carbocycles. The van der Waals surface area contributed by atoms with Gasteiger partial charge in [0.15, 0.2) is 5.58 Å². The first-order valence-electron chi connectivity index (χ1n) is 10.5. The Kier molecular flexibility index (Phi) is 5.29. The monoisotopic (exact) mass is 453 g/mol. The highest BCUT2D eigenvalue weighted by molar-refractivity contribution is 6.03. The summed E-state index contributed by atoms with van der Waals surface area (Å²) >= 11 is 0. The number of amides is 1. The third-order valence-electron chi connectivity index (χ3n) is 5.95. The van der Waals surface area contributed by atoms with Gasteiger partial charge >= 0.3 is 0 Å². The number of hydrogen-bond donors (Lipinski definition) is 2. The molecule has 33 heavy (non-hydrogen) atoms. The van der Waals surface area contributed by atoms with Gasteiger partial charge in [0.2, 0.25) is 5.95 Å². The molecular formula is C23H21F2N5O3. The van der Waals surface area contributed by atoms with Crippen LogP contribution in [-0.4, -0.2) is 54.0 Å². The largest absolute Gasteiger partial charge is 0.458 e. The van der Waals surface area contributed by atoms with Gasteiger partial charge in [0.25, 0.3) is 11.5 Å². The van der Waals surface area contributed by atoms with Crippen molar-refractivity contribution in [3.63, 3.8) is 0 Å². The Hall–Kier alpha value is -3.79. The molecule has 3 aromatic heterocycles. The molecule has 0 atom stereocenters. The number of halogens is 2. The van der Waals surface area contributed by atoms with Crippen molar-refractivity contribution in [3.8, 4) is 0 Å². The molecule has 5 rings (SSSR count). The zero-order chi connectivity index (χ0) is 23.1. The number of carbonyl (C=O) groups is 1. The van der Waals surface area contributed by atoms with Crippen LogP contribution in [0.15, 0.2) is 45.8 Å². The summed E-state index contributed by atoms with van der Waals surface area (Å²) in [4.78, 5) is 34.3. The third kappa shape index (κ3) is 3.82. The summed E-state index contributed by atoms with van der Waals surface area (Å²) in [6, 6.07) is 7.90. The second-order valence-corrected chi connectivity index (χ2v) is 7.97. The fraction of sp³-hybridized carbons (Fsp3) is 0.261. The maximum Gasteiger partial charge on any atom is 0.292 e. The summed E-state index contributed by atoms with van der Waals surface area (Å²) in [5, 5.41) is 3.20. The van der Waals surface area contributed by atoms with Crippen LogP contribution < -0.4 is 15.8 Å². The molecule has 4 aromatic rings. The van der Waals surface area contributed by atoms with Crippen LogP contribution in [0.2, 0.25) is 0 Å². The molecule has 1 amide bonds. The van der Waals surface area contributed by atoms with E-state index in [1.807, 2.05) is 4.90 Å². The van der Waals surface area contributed by atoms with Crippen LogP contribution >= 0.6 is 0 Å². The van der Waals surface area contributed by atoms with E-state index in [0.29, 0.717) is 54.7 Å². The summed E-state index contributed by atoms with van der Waals surface area (Å²) in [5.41, 5.74) is 1.24. The van der Waals surface area contributed by atoms with E-state index in [1.165, 1.54) is 25.4 Å². The van der Waals surface area contributed by atoms with Crippen molar-refractivity contribution >= 4 is 33.5 Å². The van der Waals surface area contributed by atoms with E-state index >= 15 is 0 Å². The third-order valence-corrected chi connectivity index (χ3v) is 5.95. The topological polar surface area (TPSA) is 94.5 Å². The quantitative estimate of drug-likeness (QED) is 0.462. The Balaban J connectivity index is 1.31. The van der Waals surface area contributed by atoms with Crippen LogP contribution in [0.25, 0.3) is 21.9 Å². The predicted molar refractivity (Wildman–Crippen MR) is 119 cm³/mol. The van der Waals surface area contributed by atoms with Gasteiger partial charge in [-0.1, -0.05) is 0 Å². The van der Waals surface area contributed by atoms with E-state index in [9.17, 15) is 18.4 Å². The normalized spacial score (nSPS) is 14.8. The van der Waals surface area contributed by atoms with Gasteiger partial charge in [-0.15, -0.1) is 0 Å². The number of rotatable bonds is 4. The molecule has 10 heteroatoms. The smallest absolute Gasteiger partial charge is 0.292 e. The van der Waals surface area contributed by atoms with Crippen molar-refractivity contribution in [3.05, 3.63) is 70.0 Å². The van der Waals surface area contributed by atoms with E-state index in [4.69, 9.17) is 4.42 Å². The summed E-state index contributed by atoms with van der Waals surface area (Å²) in [6.07, 6.45) is 1.37. The van der Waals surface area contributed by atoms with Crippen LogP contribution in [0.5, 0.6) is 0 Å². The second kappa shape index (κ2) is 8.28. The minimum Gasteiger partial charge on any atom is -0.458 e. The lowest BCUT2D eigenvalue weighted by atomic mass is 10.1. The number of hydrogen-bond acceptors (Lipinski definition) is 6. The van der Waals surface area contributed by atoms with Crippen LogP contribution in [0.1, 0.15) is 16.1 Å². The molecule has 170 valence electrons. The van der Waals surface area contributed by atoms with Crippen LogP contribution in [0.3, 0.4) is 0 Å². The molecule has 1 aromatic carbocycles. The predicted octanol–water partition coefficient (Wildman–Crippen LogP) is 2.63. The Bertz CT molecular complexity index is 1420. The van der Waals surface area contributed by atoms with E-state index < -0.39 is 23.2 Å². The van der Waals surface area contributed by atoms with Gasteiger partial charge < -0.3 is 19.6 Å². The highest BCUT2D eigenvalue weighted by Gasteiger charge is 2.22. The second-order valence-electron chi connectivity index (χ2n) is 7.97. The molecule has 0 spiro atoms. The lowest BCUT2D eigenvalue weighted by Crippen LogP contribution is -2.46. The van der Waals surface area contributed by atoms with E-state index in [2.05, 4.69) is 20.2 Å². The van der Waals surface area contributed by atoms with Gasteiger partial charge in [0.05, 0.1) is 17.5 Å². The lowest BCUT2D eigenvalue weighted by Gasteiger charge is -2.36. The number of piperazine rings is 1. The molecule has 0 unspecified atom stereocenters. The van der Waals surface area contributed by atoms with Gasteiger partial charge in [0.1, 0.15) is 11.5 Å². The zero-order valence-corrected chi connectivity index (χ0v) is 17.8. The molecule has 4 heterocycles. The molecule has 1 saturated heterocycles. The number of nitrogens with zero attached hydrogens (tertiary/aromatic N) is 3. The van der Waals surface area contributed by atoms with Gasteiger partial charge in [-0.2, -0.15) is 4.39 Å². The number of nitrogens with one attached hydrogen (secondary N) is 2. The molecule has 2 N–H and O–H groups in total. The highest BCUT2D eigenvalue weighted by atomic mass is 19.1. The van der Waals surface area contributed by atoms with E-state index in [-0.39, 0.29) is 11.3 Å². The molecule has 0 radical (unpaired) electrons. The fourth-order valence-corrected chi connectivity index (χ4v) is 4.31. The first-order chi connectivity index (χ1) is 15.9. The maximum absolute atomic E-state index is 14.9. The minimum atomic E-state index is -0.685. The first kappa shape index (κ1) is 21.1. The maximum atomic E-state index is 14.9. The standard InChI is InChI=1S/C23H21F2N5O3/c1-26-22(31)16-2-3-18(21(25)27-16)30-7-5-29(6-8-30)12-13-10-15(24)19-14-4-9-33-20(14)23(32)28-17(19)11-13/h2-4,9-11H,5-8,12H2,1H3,(H,26,31)(H,28,32). The van der Waals surface area contributed by atoms with Crippen molar-refractivity contribution in [2.45, 2.75) is 6.54 Å².